The normalized spacial score (nSPS) is 21.5. The van der Waals surface area contributed by atoms with E-state index in [9.17, 15) is 9.90 Å². The Morgan fingerprint density at radius 1 is 1.07 bits per heavy atom. The predicted octanol–water partition coefficient (Wildman–Crippen LogP) is 7.05. The van der Waals surface area contributed by atoms with E-state index >= 15 is 0 Å². The number of aromatic nitrogens is 4. The van der Waals surface area contributed by atoms with Gasteiger partial charge in [0.25, 0.3) is 0 Å². The lowest BCUT2D eigenvalue weighted by Gasteiger charge is -2.67. The van der Waals surface area contributed by atoms with Gasteiger partial charge in [-0.3, -0.25) is 4.68 Å². The highest BCUT2D eigenvalue weighted by Crippen LogP contribution is 2.63. The van der Waals surface area contributed by atoms with Crippen molar-refractivity contribution in [2.24, 2.45) is 24.9 Å². The van der Waals surface area contributed by atoms with E-state index in [1.165, 1.54) is 0 Å². The van der Waals surface area contributed by atoms with Crippen LogP contribution in [0.4, 0.5) is 4.79 Å². The number of carbonyl (C=O) groups is 1. The Morgan fingerprint density at radius 3 is 2.57 bits per heavy atom. The molecular formula is C35H39N5O4. The number of ether oxygens (including phenoxy) is 2. The number of hydrogen-bond donors (Lipinski definition) is 1. The fourth-order valence-electron chi connectivity index (χ4n) is 8.15. The Balaban J connectivity index is 1.36. The highest BCUT2D eigenvalue weighted by atomic mass is 16.7. The first kappa shape index (κ1) is 28.4. The maximum atomic E-state index is 12.0. The van der Waals surface area contributed by atoms with Crippen molar-refractivity contribution in [3.63, 3.8) is 0 Å². The number of benzene rings is 3. The molecule has 228 valence electrons. The van der Waals surface area contributed by atoms with Gasteiger partial charge in [-0.2, -0.15) is 5.10 Å². The standard InChI is InChI=1S/C35H39N5O4/c1-34(2,3)32-35(19-40(32)33(41)42)16-24(17-35)31-37-29(22-11-12-28-23(13-22)18-36-39(28)5)30(38(31)4)27-15-25(44-20-43-6)14-21-9-7-8-10-26(21)27/h7-15,18,24,32H,16-17,19-20H2,1-6H3,(H,41,42). The van der Waals surface area contributed by atoms with Crippen LogP contribution in [0.2, 0.25) is 0 Å². The lowest BCUT2D eigenvalue weighted by atomic mass is 9.48. The van der Waals surface area contributed by atoms with Gasteiger partial charge in [0.05, 0.1) is 23.1 Å². The average Bonchev–Trinajstić information content (AvgIpc) is 3.48. The second-order valence-corrected chi connectivity index (χ2v) is 13.7. The van der Waals surface area contributed by atoms with E-state index in [0.29, 0.717) is 6.54 Å². The van der Waals surface area contributed by atoms with Crippen molar-refractivity contribution in [2.45, 2.75) is 45.6 Å². The largest absolute Gasteiger partial charge is 0.468 e. The third-order valence-corrected chi connectivity index (χ3v) is 9.70. The van der Waals surface area contributed by atoms with Gasteiger partial charge in [0.1, 0.15) is 11.6 Å². The van der Waals surface area contributed by atoms with Gasteiger partial charge < -0.3 is 24.0 Å². The van der Waals surface area contributed by atoms with E-state index in [4.69, 9.17) is 14.5 Å². The predicted molar refractivity (Wildman–Crippen MR) is 171 cm³/mol. The monoisotopic (exact) mass is 593 g/mol. The van der Waals surface area contributed by atoms with Gasteiger partial charge in [0, 0.05) is 61.6 Å². The number of amides is 1. The number of aryl methyl sites for hydroxylation is 1. The zero-order chi connectivity index (χ0) is 31.0. The first-order valence-corrected chi connectivity index (χ1v) is 15.1. The molecule has 3 heterocycles. The lowest BCUT2D eigenvalue weighted by molar-refractivity contribution is -0.159. The second-order valence-electron chi connectivity index (χ2n) is 13.7. The van der Waals surface area contributed by atoms with Gasteiger partial charge in [-0.25, -0.2) is 9.78 Å². The van der Waals surface area contributed by atoms with Crippen molar-refractivity contribution in [1.29, 1.82) is 0 Å². The third-order valence-electron chi connectivity index (χ3n) is 9.70. The Hall–Kier alpha value is -4.37. The average molecular weight is 594 g/mol. The van der Waals surface area contributed by atoms with Crippen molar-refractivity contribution in [2.75, 3.05) is 20.4 Å². The molecule has 9 nitrogen and oxygen atoms in total. The minimum Gasteiger partial charge on any atom is -0.468 e. The first-order valence-electron chi connectivity index (χ1n) is 15.1. The lowest BCUT2D eigenvalue weighted by Crippen LogP contribution is -2.73. The summed E-state index contributed by atoms with van der Waals surface area (Å²) in [6.45, 7) is 7.20. The summed E-state index contributed by atoms with van der Waals surface area (Å²) in [4.78, 5) is 19.0. The van der Waals surface area contributed by atoms with Crippen LogP contribution in [0.5, 0.6) is 5.75 Å². The number of methoxy groups -OCH3 is 1. The van der Waals surface area contributed by atoms with E-state index in [1.54, 1.807) is 12.0 Å². The molecule has 5 aromatic rings. The molecule has 1 atom stereocenters. The van der Waals surface area contributed by atoms with Crippen molar-refractivity contribution >= 4 is 27.8 Å². The Morgan fingerprint density at radius 2 is 1.84 bits per heavy atom. The topological polar surface area (TPSA) is 94.6 Å². The molecule has 44 heavy (non-hydrogen) atoms. The maximum absolute atomic E-state index is 12.0. The Bertz CT molecular complexity index is 1910. The number of carboxylic acid groups (broad SMARTS) is 1. The molecule has 1 saturated heterocycles. The summed E-state index contributed by atoms with van der Waals surface area (Å²) in [5.74, 6) is 1.99. The van der Waals surface area contributed by atoms with Crippen molar-refractivity contribution in [3.05, 3.63) is 66.6 Å². The molecule has 0 radical (unpaired) electrons. The van der Waals surface area contributed by atoms with Gasteiger partial charge in [-0.05, 0) is 53.3 Å². The van der Waals surface area contributed by atoms with Crippen LogP contribution in [0, 0.1) is 10.8 Å². The number of imidazole rings is 1. The van der Waals surface area contributed by atoms with E-state index in [-0.39, 0.29) is 29.6 Å². The molecule has 2 aromatic heterocycles. The zero-order valence-corrected chi connectivity index (χ0v) is 26.2. The summed E-state index contributed by atoms with van der Waals surface area (Å²) in [5, 5.41) is 17.6. The van der Waals surface area contributed by atoms with Gasteiger partial charge in [0.15, 0.2) is 6.79 Å². The van der Waals surface area contributed by atoms with Crippen molar-refractivity contribution < 1.29 is 19.4 Å². The SMILES string of the molecule is COCOc1cc(-c2c(-c3ccc4c(cnn4C)c3)nc(C3CC4(C3)CN(C(=O)O)C4C(C)(C)C)n2C)c2ccccc2c1. The van der Waals surface area contributed by atoms with Crippen LogP contribution in [0.25, 0.3) is 44.2 Å². The summed E-state index contributed by atoms with van der Waals surface area (Å²) in [7, 11) is 5.68. The molecule has 0 bridgehead atoms. The number of likely N-dealkylation sites (tertiary alicyclic amines) is 1. The summed E-state index contributed by atoms with van der Waals surface area (Å²) in [6.07, 6.45) is 2.90. The number of nitrogens with zero attached hydrogens (tertiary/aromatic N) is 5. The smallest absolute Gasteiger partial charge is 0.407 e. The van der Waals surface area contributed by atoms with Crippen LogP contribution in [-0.4, -0.2) is 61.9 Å². The summed E-state index contributed by atoms with van der Waals surface area (Å²) < 4.78 is 15.3. The number of fused-ring (bicyclic) bond motifs is 2. The number of hydrogen-bond acceptors (Lipinski definition) is 5. The minimum atomic E-state index is -0.825. The van der Waals surface area contributed by atoms with Crippen molar-refractivity contribution in [1.82, 2.24) is 24.2 Å². The molecule has 1 spiro atoms. The van der Waals surface area contributed by atoms with Crippen LogP contribution in [-0.2, 0) is 18.8 Å². The van der Waals surface area contributed by atoms with E-state index in [0.717, 1.165) is 68.6 Å². The molecule has 2 fully saturated rings. The molecule has 1 amide bonds. The van der Waals surface area contributed by atoms with Gasteiger partial charge >= 0.3 is 6.09 Å². The fraction of sp³-hybridized carbons (Fsp3) is 0.400. The summed E-state index contributed by atoms with van der Waals surface area (Å²) >= 11 is 0. The zero-order valence-electron chi connectivity index (χ0n) is 26.2. The summed E-state index contributed by atoms with van der Waals surface area (Å²) in [5.41, 5.74) is 4.92. The molecule has 3 aromatic carbocycles. The molecule has 1 N–H and O–H groups in total. The summed E-state index contributed by atoms with van der Waals surface area (Å²) in [6, 6.07) is 18.9. The fourth-order valence-corrected chi connectivity index (χ4v) is 8.15. The molecule has 1 saturated carbocycles. The second kappa shape index (κ2) is 10.1. The molecule has 7 rings (SSSR count). The van der Waals surface area contributed by atoms with E-state index < -0.39 is 6.09 Å². The van der Waals surface area contributed by atoms with Crippen molar-refractivity contribution in [3.8, 4) is 28.3 Å². The molecule has 1 aliphatic carbocycles. The highest BCUT2D eigenvalue weighted by Gasteiger charge is 2.64. The van der Waals surface area contributed by atoms with Gasteiger partial charge in [-0.15, -0.1) is 0 Å². The minimum absolute atomic E-state index is 0.00509. The quantitative estimate of drug-likeness (QED) is 0.212. The third kappa shape index (κ3) is 4.36. The van der Waals surface area contributed by atoms with Crippen LogP contribution >= 0.6 is 0 Å². The maximum Gasteiger partial charge on any atom is 0.407 e. The highest BCUT2D eigenvalue weighted by molar-refractivity contribution is 6.00. The van der Waals surface area contributed by atoms with Gasteiger partial charge in [0.2, 0.25) is 0 Å². The molecular weight excluding hydrogens is 554 g/mol. The number of rotatable bonds is 6. The van der Waals surface area contributed by atoms with Crippen LogP contribution in [0.15, 0.2) is 60.8 Å². The first-order chi connectivity index (χ1) is 21.0. The Kier molecular flexibility index (Phi) is 6.51. The Labute approximate surface area is 257 Å². The molecule has 1 aliphatic heterocycles. The van der Waals surface area contributed by atoms with E-state index in [1.807, 2.05) is 30.1 Å². The van der Waals surface area contributed by atoms with Crippen LogP contribution < -0.4 is 4.74 Å². The molecule has 2 aliphatic rings. The van der Waals surface area contributed by atoms with Crippen LogP contribution in [0.1, 0.15) is 45.4 Å². The van der Waals surface area contributed by atoms with Gasteiger partial charge in [-0.1, -0.05) is 51.1 Å². The molecule has 1 unspecified atom stereocenters. The van der Waals surface area contributed by atoms with Crippen LogP contribution in [0.3, 0.4) is 0 Å². The molecule has 9 heteroatoms. The van der Waals surface area contributed by atoms with E-state index in [2.05, 4.69) is 79.9 Å².